The van der Waals surface area contributed by atoms with Crippen LogP contribution in [0.4, 0.5) is 10.2 Å². The van der Waals surface area contributed by atoms with Gasteiger partial charge in [-0.15, -0.1) is 0 Å². The predicted octanol–water partition coefficient (Wildman–Crippen LogP) is -1.66. The Hall–Kier alpha value is -1.88. The lowest BCUT2D eigenvalue weighted by atomic mass is 10.1. The smallest absolute Gasteiger partial charge is 0.312 e. The topological polar surface area (TPSA) is 136 Å². The number of ether oxygens (including phenoxy) is 1. The third kappa shape index (κ3) is 2.08. The lowest BCUT2D eigenvalue weighted by Crippen LogP contribution is -2.36. The summed E-state index contributed by atoms with van der Waals surface area (Å²) >= 11 is 0. The number of aliphatic hydroxyl groups is 3. The van der Waals surface area contributed by atoms with Crippen molar-refractivity contribution in [3.8, 4) is 0 Å². The van der Waals surface area contributed by atoms with Crippen molar-refractivity contribution in [1.29, 1.82) is 0 Å². The first-order chi connectivity index (χ1) is 9.60. The average molecular weight is 285 g/mol. The van der Waals surface area contributed by atoms with Crippen LogP contribution in [0.5, 0.6) is 0 Å². The van der Waals surface area contributed by atoms with E-state index in [0.29, 0.717) is 5.52 Å². The van der Waals surface area contributed by atoms with Crippen LogP contribution in [0.25, 0.3) is 11.2 Å². The average Bonchev–Trinajstić information content (AvgIpc) is 2.98. The maximum Gasteiger partial charge on any atom is 0.312 e. The van der Waals surface area contributed by atoms with Crippen LogP contribution in [0.2, 0.25) is 0 Å². The Morgan fingerprint density at radius 3 is 2.85 bits per heavy atom. The van der Waals surface area contributed by atoms with Crippen molar-refractivity contribution in [2.24, 2.45) is 0 Å². The lowest BCUT2D eigenvalue weighted by molar-refractivity contribution is -0.0153. The number of nitrogens with zero attached hydrogens (tertiary/aromatic N) is 3. The molecule has 2 aromatic heterocycles. The van der Waals surface area contributed by atoms with Crippen LogP contribution in [-0.2, 0) is 4.74 Å². The van der Waals surface area contributed by atoms with E-state index in [1.165, 1.54) is 6.33 Å². The first-order valence-electron chi connectivity index (χ1n) is 5.85. The fraction of sp³-hybridized carbons (Fsp3) is 0.500. The number of rotatable bonds is 3. The van der Waals surface area contributed by atoms with Crippen LogP contribution in [0.1, 0.15) is 0 Å². The lowest BCUT2D eigenvalue weighted by Gasteiger charge is -2.17. The van der Waals surface area contributed by atoms with E-state index in [1.54, 1.807) is 0 Å². The monoisotopic (exact) mass is 285 g/mol. The van der Waals surface area contributed by atoms with Gasteiger partial charge < -0.3 is 30.4 Å². The number of anilines is 1. The molecule has 1 unspecified atom stereocenters. The molecule has 108 valence electrons. The summed E-state index contributed by atoms with van der Waals surface area (Å²) in [5.74, 6) is 0.0415. The summed E-state index contributed by atoms with van der Waals surface area (Å²) in [4.78, 5) is 13.6. The van der Waals surface area contributed by atoms with E-state index in [-0.39, 0.29) is 11.5 Å². The van der Waals surface area contributed by atoms with Gasteiger partial charge in [0.15, 0.2) is 17.7 Å². The van der Waals surface area contributed by atoms with Crippen LogP contribution < -0.4 is 5.32 Å². The summed E-state index contributed by atoms with van der Waals surface area (Å²) in [5, 5.41) is 31.1. The highest BCUT2D eigenvalue weighted by molar-refractivity contribution is 5.82. The molecule has 0 radical (unpaired) electrons. The van der Waals surface area contributed by atoms with Gasteiger partial charge in [-0.3, -0.25) is 0 Å². The van der Waals surface area contributed by atoms with Crippen molar-refractivity contribution in [3.63, 3.8) is 0 Å². The number of aromatic nitrogens is 4. The zero-order chi connectivity index (χ0) is 14.3. The number of nitrogens with one attached hydrogen (secondary N) is 2. The quantitative estimate of drug-likeness (QED) is 0.423. The zero-order valence-corrected chi connectivity index (χ0v) is 10.1. The molecule has 0 aliphatic carbocycles. The molecule has 3 rings (SSSR count). The highest BCUT2D eigenvalue weighted by atomic mass is 19.1. The van der Waals surface area contributed by atoms with Crippen LogP contribution in [0.15, 0.2) is 6.33 Å². The summed E-state index contributed by atoms with van der Waals surface area (Å²) in [6, 6.07) is 0. The summed E-state index contributed by atoms with van der Waals surface area (Å²) in [6.07, 6.45) is -4.17. The summed E-state index contributed by atoms with van der Waals surface area (Å²) < 4.78 is 18.5. The van der Waals surface area contributed by atoms with Crippen LogP contribution in [0.3, 0.4) is 0 Å². The molecule has 1 aliphatic heterocycles. The Balaban J connectivity index is 1.88. The number of imidazole rings is 1. The van der Waals surface area contributed by atoms with Gasteiger partial charge in [0.2, 0.25) is 0 Å². The Morgan fingerprint density at radius 2 is 2.15 bits per heavy atom. The summed E-state index contributed by atoms with van der Waals surface area (Å²) in [5.41, 5.74) is 0.455. The minimum Gasteiger partial charge on any atom is -0.394 e. The molecule has 0 bridgehead atoms. The summed E-state index contributed by atoms with van der Waals surface area (Å²) in [7, 11) is 0. The molecule has 4 atom stereocenters. The molecule has 5 N–H and O–H groups in total. The Morgan fingerprint density at radius 1 is 1.35 bits per heavy atom. The molecular weight excluding hydrogens is 273 g/mol. The van der Waals surface area contributed by atoms with Crippen molar-refractivity contribution in [2.45, 2.75) is 24.5 Å². The van der Waals surface area contributed by atoms with Crippen molar-refractivity contribution in [3.05, 3.63) is 12.4 Å². The third-order valence-corrected chi connectivity index (χ3v) is 3.08. The van der Waals surface area contributed by atoms with E-state index >= 15 is 0 Å². The van der Waals surface area contributed by atoms with Crippen LogP contribution >= 0.6 is 0 Å². The van der Waals surface area contributed by atoms with E-state index in [2.05, 4.69) is 25.3 Å². The van der Waals surface area contributed by atoms with E-state index in [0.717, 1.165) is 0 Å². The van der Waals surface area contributed by atoms with Gasteiger partial charge in [-0.25, -0.2) is 4.98 Å². The Bertz CT molecular complexity index is 623. The van der Waals surface area contributed by atoms with Gasteiger partial charge in [-0.1, -0.05) is 0 Å². The molecule has 10 heteroatoms. The molecule has 1 aliphatic rings. The standard InChI is InChI=1S/C10H12FN5O4/c11-10-15-7-4(12-2-13-7)8(16-10)14-9-6(19)5(18)3(1-17)20-9/h2-3,5-6,9,17-19H,1H2,(H2,12,13,14,15,16)/t3-,5-,6+,9?/m1/s1. The minimum atomic E-state index is -1.29. The van der Waals surface area contributed by atoms with Gasteiger partial charge in [0.25, 0.3) is 0 Å². The van der Waals surface area contributed by atoms with Crippen molar-refractivity contribution < 1.29 is 24.4 Å². The highest BCUT2D eigenvalue weighted by Gasteiger charge is 2.42. The van der Waals surface area contributed by atoms with Gasteiger partial charge in [0, 0.05) is 0 Å². The molecular formula is C10H12FN5O4. The first kappa shape index (κ1) is 13.1. The second kappa shape index (κ2) is 4.90. The molecule has 20 heavy (non-hydrogen) atoms. The van der Waals surface area contributed by atoms with Gasteiger partial charge in [-0.05, 0) is 0 Å². The number of halogens is 1. The van der Waals surface area contributed by atoms with Gasteiger partial charge in [0.05, 0.1) is 12.9 Å². The SMILES string of the molecule is OC[C@H]1OC(Nc2nc(F)nc3nc[nH]c23)[C@@H](O)[C@@H]1O. The van der Waals surface area contributed by atoms with Crippen molar-refractivity contribution >= 4 is 17.0 Å². The molecule has 2 aromatic rings. The third-order valence-electron chi connectivity index (χ3n) is 3.08. The molecule has 3 heterocycles. The Labute approximate surface area is 111 Å². The fourth-order valence-electron chi connectivity index (χ4n) is 2.06. The number of hydrogen-bond donors (Lipinski definition) is 5. The number of fused-ring (bicyclic) bond motifs is 1. The predicted molar refractivity (Wildman–Crippen MR) is 63.0 cm³/mol. The molecule has 0 aromatic carbocycles. The van der Waals surface area contributed by atoms with Crippen molar-refractivity contribution in [2.75, 3.05) is 11.9 Å². The molecule has 9 nitrogen and oxygen atoms in total. The fourth-order valence-corrected chi connectivity index (χ4v) is 2.06. The molecule has 0 amide bonds. The van der Waals surface area contributed by atoms with E-state index in [1.807, 2.05) is 0 Å². The molecule has 0 saturated carbocycles. The van der Waals surface area contributed by atoms with Crippen molar-refractivity contribution in [1.82, 2.24) is 19.9 Å². The molecule has 1 fully saturated rings. The second-order valence-corrected chi connectivity index (χ2v) is 4.35. The minimum absolute atomic E-state index is 0.0415. The maximum atomic E-state index is 13.3. The maximum absolute atomic E-state index is 13.3. The van der Waals surface area contributed by atoms with Crippen LogP contribution in [-0.4, -0.2) is 66.4 Å². The largest absolute Gasteiger partial charge is 0.394 e. The number of aliphatic hydroxyl groups excluding tert-OH is 3. The summed E-state index contributed by atoms with van der Waals surface area (Å²) in [6.45, 7) is -0.450. The molecule has 0 spiro atoms. The number of H-pyrrole nitrogens is 1. The van der Waals surface area contributed by atoms with Gasteiger partial charge in [0.1, 0.15) is 23.8 Å². The highest BCUT2D eigenvalue weighted by Crippen LogP contribution is 2.24. The second-order valence-electron chi connectivity index (χ2n) is 4.35. The number of hydrogen-bond acceptors (Lipinski definition) is 8. The normalized spacial score (nSPS) is 30.0. The first-order valence-corrected chi connectivity index (χ1v) is 5.85. The van der Waals surface area contributed by atoms with E-state index in [9.17, 15) is 14.6 Å². The van der Waals surface area contributed by atoms with E-state index in [4.69, 9.17) is 9.84 Å². The molecule has 1 saturated heterocycles. The number of aromatic amines is 1. The van der Waals surface area contributed by atoms with E-state index < -0.39 is 37.2 Å². The van der Waals surface area contributed by atoms with Crippen LogP contribution in [0, 0.1) is 6.08 Å². The van der Waals surface area contributed by atoms with Gasteiger partial charge >= 0.3 is 6.08 Å². The Kier molecular flexibility index (Phi) is 3.22. The zero-order valence-electron chi connectivity index (χ0n) is 10.1. The van der Waals surface area contributed by atoms with Gasteiger partial charge in [-0.2, -0.15) is 14.4 Å².